The van der Waals surface area contributed by atoms with Crippen LogP contribution in [-0.2, 0) is 19.7 Å². The van der Waals surface area contributed by atoms with Gasteiger partial charge in [-0.1, -0.05) is 23.7 Å². The summed E-state index contributed by atoms with van der Waals surface area (Å²) in [7, 11) is -4.12. The number of halogens is 3. The Kier molecular flexibility index (Phi) is 7.56. The Balaban J connectivity index is 1.49. The SMILES string of the molecule is O=C(C1CCCN(S(=O)(=O)Nc2cc(F)c(F)c(Nc3ccccc3Cl)c2)C1)N1CCOCC1. The monoisotopic (exact) mass is 514 g/mol. The molecule has 0 aromatic heterocycles. The molecule has 1 atom stereocenters. The van der Waals surface area contributed by atoms with Crippen molar-refractivity contribution in [1.29, 1.82) is 0 Å². The van der Waals surface area contributed by atoms with E-state index < -0.39 is 27.8 Å². The quantitative estimate of drug-likeness (QED) is 0.615. The molecule has 0 bridgehead atoms. The van der Waals surface area contributed by atoms with E-state index in [4.69, 9.17) is 16.3 Å². The molecule has 4 rings (SSSR count). The Bertz CT molecular complexity index is 1160. The molecule has 2 aromatic carbocycles. The Morgan fingerprint density at radius 1 is 1.09 bits per heavy atom. The molecule has 2 aliphatic heterocycles. The van der Waals surface area contributed by atoms with Crippen molar-refractivity contribution in [3.05, 3.63) is 53.1 Å². The largest absolute Gasteiger partial charge is 0.378 e. The van der Waals surface area contributed by atoms with Gasteiger partial charge in [-0.25, -0.2) is 8.78 Å². The van der Waals surface area contributed by atoms with Crippen LogP contribution in [0, 0.1) is 17.6 Å². The van der Waals surface area contributed by atoms with Gasteiger partial charge >= 0.3 is 10.2 Å². The third kappa shape index (κ3) is 5.60. The van der Waals surface area contributed by atoms with Crippen LogP contribution in [0.5, 0.6) is 0 Å². The summed E-state index contributed by atoms with van der Waals surface area (Å²) in [6.45, 7) is 2.12. The number of hydrogen-bond acceptors (Lipinski definition) is 5. The summed E-state index contributed by atoms with van der Waals surface area (Å²) in [6.07, 6.45) is 1.10. The predicted molar refractivity (Wildman–Crippen MR) is 125 cm³/mol. The molecule has 8 nitrogen and oxygen atoms in total. The smallest absolute Gasteiger partial charge is 0.301 e. The first-order valence-corrected chi connectivity index (χ1v) is 12.7. The highest BCUT2D eigenvalue weighted by Gasteiger charge is 2.35. The summed E-state index contributed by atoms with van der Waals surface area (Å²) in [4.78, 5) is 14.5. The van der Waals surface area contributed by atoms with Crippen LogP contribution in [0.1, 0.15) is 12.8 Å². The summed E-state index contributed by atoms with van der Waals surface area (Å²) < 4.78 is 63.5. The molecule has 2 aromatic rings. The first-order valence-electron chi connectivity index (χ1n) is 10.9. The fourth-order valence-electron chi connectivity index (χ4n) is 4.06. The normalized spacial score (nSPS) is 19.6. The van der Waals surface area contributed by atoms with E-state index in [2.05, 4.69) is 10.0 Å². The molecule has 0 aliphatic carbocycles. The molecule has 12 heteroatoms. The number of ether oxygens (including phenoxy) is 1. The zero-order chi connectivity index (χ0) is 24.3. The van der Waals surface area contributed by atoms with Crippen molar-refractivity contribution in [2.45, 2.75) is 12.8 Å². The van der Waals surface area contributed by atoms with Crippen LogP contribution in [0.15, 0.2) is 36.4 Å². The topological polar surface area (TPSA) is 91.0 Å². The van der Waals surface area contributed by atoms with E-state index in [1.807, 2.05) is 0 Å². The molecule has 34 heavy (non-hydrogen) atoms. The molecule has 0 radical (unpaired) electrons. The van der Waals surface area contributed by atoms with Crippen molar-refractivity contribution >= 4 is 44.8 Å². The zero-order valence-corrected chi connectivity index (χ0v) is 19.8. The second kappa shape index (κ2) is 10.4. The minimum absolute atomic E-state index is 0.0138. The lowest BCUT2D eigenvalue weighted by atomic mass is 9.98. The van der Waals surface area contributed by atoms with Crippen LogP contribution in [0.2, 0.25) is 5.02 Å². The molecule has 1 amide bonds. The lowest BCUT2D eigenvalue weighted by molar-refractivity contribution is -0.140. The maximum absolute atomic E-state index is 14.4. The fraction of sp³-hybridized carbons (Fsp3) is 0.409. The molecule has 2 saturated heterocycles. The van der Waals surface area contributed by atoms with Crippen molar-refractivity contribution in [2.75, 3.05) is 49.4 Å². The molecule has 2 N–H and O–H groups in total. The van der Waals surface area contributed by atoms with Gasteiger partial charge < -0.3 is 15.0 Å². The Morgan fingerprint density at radius 3 is 2.56 bits per heavy atom. The minimum atomic E-state index is -4.12. The Morgan fingerprint density at radius 2 is 1.82 bits per heavy atom. The van der Waals surface area contributed by atoms with Gasteiger partial charge in [0.2, 0.25) is 5.91 Å². The van der Waals surface area contributed by atoms with Crippen LogP contribution in [-0.4, -0.2) is 62.9 Å². The second-order valence-electron chi connectivity index (χ2n) is 8.17. The van der Waals surface area contributed by atoms with Gasteiger partial charge in [0.25, 0.3) is 0 Å². The summed E-state index contributed by atoms with van der Waals surface area (Å²) in [5.74, 6) is -2.96. The molecular formula is C22H25ClF2N4O4S. The molecule has 2 heterocycles. The number of benzene rings is 2. The third-order valence-corrected chi connectivity index (χ3v) is 7.65. The lowest BCUT2D eigenvalue weighted by Crippen LogP contribution is -2.50. The van der Waals surface area contributed by atoms with Gasteiger partial charge in [0.1, 0.15) is 0 Å². The van der Waals surface area contributed by atoms with Crippen molar-refractivity contribution in [3.63, 3.8) is 0 Å². The van der Waals surface area contributed by atoms with Gasteiger partial charge in [-0.15, -0.1) is 0 Å². The molecule has 2 aliphatic rings. The third-order valence-electron chi connectivity index (χ3n) is 5.81. The van der Waals surface area contributed by atoms with Crippen LogP contribution in [0.25, 0.3) is 0 Å². The highest BCUT2D eigenvalue weighted by molar-refractivity contribution is 7.90. The first kappa shape index (κ1) is 24.6. The number of carbonyl (C=O) groups excluding carboxylic acids is 1. The van der Waals surface area contributed by atoms with Gasteiger partial charge in [-0.3, -0.25) is 9.52 Å². The zero-order valence-electron chi connectivity index (χ0n) is 18.3. The summed E-state index contributed by atoms with van der Waals surface area (Å²) in [5, 5.41) is 2.98. The van der Waals surface area contributed by atoms with Crippen molar-refractivity contribution in [3.8, 4) is 0 Å². The standard InChI is InChI=1S/C22H25ClF2N4O4S/c23-17-5-1-2-6-19(17)26-20-13-16(12-18(24)21(20)25)27-34(31,32)29-7-3-4-15(14-29)22(30)28-8-10-33-11-9-28/h1-2,5-6,12-13,15,26-27H,3-4,7-11,14H2. The number of nitrogens with one attached hydrogen (secondary N) is 2. The van der Waals surface area contributed by atoms with Gasteiger partial charge in [-0.05, 0) is 31.0 Å². The number of para-hydroxylation sites is 1. The molecular weight excluding hydrogens is 490 g/mol. The van der Waals surface area contributed by atoms with Crippen molar-refractivity contribution < 1.29 is 26.7 Å². The molecule has 1 unspecified atom stereocenters. The number of carbonyl (C=O) groups is 1. The van der Waals surface area contributed by atoms with Gasteiger partial charge in [-0.2, -0.15) is 12.7 Å². The average molecular weight is 515 g/mol. The van der Waals surface area contributed by atoms with Crippen molar-refractivity contribution in [2.24, 2.45) is 5.92 Å². The fourth-order valence-corrected chi connectivity index (χ4v) is 5.54. The summed E-state index contributed by atoms with van der Waals surface area (Å²) in [5.41, 5.74) is -0.0946. The van der Waals surface area contributed by atoms with E-state index in [0.29, 0.717) is 44.8 Å². The first-order chi connectivity index (χ1) is 16.2. The van der Waals surface area contributed by atoms with E-state index in [9.17, 15) is 22.0 Å². The highest BCUT2D eigenvalue weighted by Crippen LogP contribution is 2.31. The molecule has 2 fully saturated rings. The highest BCUT2D eigenvalue weighted by atomic mass is 35.5. The van der Waals surface area contributed by atoms with E-state index in [1.54, 1.807) is 29.2 Å². The van der Waals surface area contributed by atoms with Crippen LogP contribution in [0.3, 0.4) is 0 Å². The molecule has 184 valence electrons. The number of nitrogens with zero attached hydrogens (tertiary/aromatic N) is 2. The number of hydrogen-bond donors (Lipinski definition) is 2. The van der Waals surface area contributed by atoms with Gasteiger partial charge in [0, 0.05) is 32.2 Å². The summed E-state index contributed by atoms with van der Waals surface area (Å²) in [6, 6.07) is 8.43. The maximum Gasteiger partial charge on any atom is 0.301 e. The number of morpholine rings is 1. The van der Waals surface area contributed by atoms with Gasteiger partial charge in [0.15, 0.2) is 11.6 Å². The van der Waals surface area contributed by atoms with E-state index in [1.165, 1.54) is 4.31 Å². The molecule has 0 saturated carbocycles. The second-order valence-corrected chi connectivity index (χ2v) is 10.2. The van der Waals surface area contributed by atoms with Gasteiger partial charge in [0.05, 0.1) is 41.2 Å². The predicted octanol–water partition coefficient (Wildman–Crippen LogP) is 3.59. The number of rotatable bonds is 6. The van der Waals surface area contributed by atoms with Crippen LogP contribution in [0.4, 0.5) is 25.8 Å². The Labute approximate surface area is 202 Å². The number of anilines is 3. The summed E-state index contributed by atoms with van der Waals surface area (Å²) >= 11 is 6.07. The van der Waals surface area contributed by atoms with E-state index >= 15 is 0 Å². The van der Waals surface area contributed by atoms with E-state index in [-0.39, 0.29) is 35.4 Å². The maximum atomic E-state index is 14.4. The lowest BCUT2D eigenvalue weighted by Gasteiger charge is -2.35. The molecule has 0 spiro atoms. The number of piperidine rings is 1. The van der Waals surface area contributed by atoms with Crippen LogP contribution < -0.4 is 10.0 Å². The van der Waals surface area contributed by atoms with Crippen LogP contribution >= 0.6 is 11.6 Å². The van der Waals surface area contributed by atoms with E-state index in [0.717, 1.165) is 12.1 Å². The average Bonchev–Trinajstić information content (AvgIpc) is 2.83. The van der Waals surface area contributed by atoms with Crippen molar-refractivity contribution in [1.82, 2.24) is 9.21 Å². The minimum Gasteiger partial charge on any atom is -0.378 e. The number of amides is 1. The Hall–Kier alpha value is -2.47.